The minimum atomic E-state index is -1.03. The number of furan rings is 1. The monoisotopic (exact) mass is 395 g/mol. The molecule has 6 nitrogen and oxygen atoms in total. The lowest BCUT2D eigenvalue weighted by Crippen LogP contribution is -2.57. The van der Waals surface area contributed by atoms with Gasteiger partial charge in [0.25, 0.3) is 11.6 Å². The summed E-state index contributed by atoms with van der Waals surface area (Å²) in [5.41, 5.74) is 0.883. The van der Waals surface area contributed by atoms with Gasteiger partial charge < -0.3 is 14.3 Å². The molecule has 0 unspecified atom stereocenters. The SMILES string of the molecule is O=C(NC12CCC(F)(CC1)CC2)c1cc(-c2ccco2)nc2onc(C3CC3)c12. The van der Waals surface area contributed by atoms with Crippen molar-refractivity contribution < 1.29 is 18.1 Å². The molecule has 3 aromatic rings. The Morgan fingerprint density at radius 3 is 2.59 bits per heavy atom. The van der Waals surface area contributed by atoms with E-state index in [9.17, 15) is 9.18 Å². The predicted octanol–water partition coefficient (Wildman–Crippen LogP) is 4.90. The first-order valence-electron chi connectivity index (χ1n) is 10.4. The highest BCUT2D eigenvalue weighted by Crippen LogP contribution is 2.49. The third kappa shape index (κ3) is 2.78. The van der Waals surface area contributed by atoms with Gasteiger partial charge in [-0.1, -0.05) is 5.16 Å². The standard InChI is InChI=1S/C22H22FN3O3/c23-21-5-8-22(9-6-21,10-7-21)25-19(27)14-12-15(16-2-1-11-28-16)24-20-17(14)18(26-29-20)13-3-4-13/h1-2,11-13H,3-10H2,(H,25,27). The van der Waals surface area contributed by atoms with E-state index in [1.165, 1.54) is 0 Å². The molecule has 4 aliphatic carbocycles. The van der Waals surface area contributed by atoms with Crippen molar-refractivity contribution in [2.45, 2.75) is 68.5 Å². The molecule has 150 valence electrons. The van der Waals surface area contributed by atoms with Crippen LogP contribution in [0.15, 0.2) is 33.4 Å². The number of pyridine rings is 1. The number of nitrogens with zero attached hydrogens (tertiary/aromatic N) is 2. The number of hydrogen-bond acceptors (Lipinski definition) is 5. The van der Waals surface area contributed by atoms with Crippen LogP contribution >= 0.6 is 0 Å². The Labute approximate surface area is 166 Å². The highest BCUT2D eigenvalue weighted by Gasteiger charge is 2.50. The number of carbonyl (C=O) groups is 1. The van der Waals surface area contributed by atoms with Crippen LogP contribution in [0.25, 0.3) is 22.6 Å². The van der Waals surface area contributed by atoms with Crippen LogP contribution in [-0.4, -0.2) is 27.3 Å². The fraction of sp³-hybridized carbons (Fsp3) is 0.500. The van der Waals surface area contributed by atoms with Crippen molar-refractivity contribution in [2.75, 3.05) is 0 Å². The summed E-state index contributed by atoms with van der Waals surface area (Å²) in [5, 5.41) is 8.18. The fourth-order valence-corrected chi connectivity index (χ4v) is 4.97. The summed E-state index contributed by atoms with van der Waals surface area (Å²) in [7, 11) is 0. The van der Waals surface area contributed by atoms with Crippen LogP contribution < -0.4 is 5.32 Å². The zero-order valence-corrected chi connectivity index (χ0v) is 16.0. The molecule has 0 aliphatic heterocycles. The van der Waals surface area contributed by atoms with Crippen molar-refractivity contribution >= 4 is 17.0 Å². The van der Waals surface area contributed by atoms with E-state index in [1.807, 2.05) is 0 Å². The molecule has 7 heteroatoms. The van der Waals surface area contributed by atoms with Crippen LogP contribution in [0.3, 0.4) is 0 Å². The van der Waals surface area contributed by atoms with Crippen molar-refractivity contribution in [2.24, 2.45) is 0 Å². The van der Waals surface area contributed by atoms with Gasteiger partial charge in [0.1, 0.15) is 11.4 Å². The van der Waals surface area contributed by atoms with Gasteiger partial charge in [-0.3, -0.25) is 4.79 Å². The zero-order chi connectivity index (χ0) is 19.6. The molecular formula is C22H22FN3O3. The van der Waals surface area contributed by atoms with Gasteiger partial charge in [-0.2, -0.15) is 0 Å². The van der Waals surface area contributed by atoms with Crippen LogP contribution in [0.1, 0.15) is 73.3 Å². The first kappa shape index (κ1) is 17.2. The van der Waals surface area contributed by atoms with Gasteiger partial charge in [0, 0.05) is 11.5 Å². The summed E-state index contributed by atoms with van der Waals surface area (Å²) in [5.74, 6) is 0.735. The van der Waals surface area contributed by atoms with E-state index < -0.39 is 5.67 Å². The molecular weight excluding hydrogens is 373 g/mol. The number of alkyl halides is 1. The summed E-state index contributed by atoms with van der Waals surface area (Å²) in [6, 6.07) is 5.35. The van der Waals surface area contributed by atoms with E-state index in [1.54, 1.807) is 24.5 Å². The zero-order valence-electron chi connectivity index (χ0n) is 16.0. The maximum absolute atomic E-state index is 14.5. The summed E-state index contributed by atoms with van der Waals surface area (Å²) >= 11 is 0. The topological polar surface area (TPSA) is 81.2 Å². The van der Waals surface area contributed by atoms with Gasteiger partial charge in [-0.15, -0.1) is 0 Å². The second kappa shape index (κ2) is 5.90. The van der Waals surface area contributed by atoms with E-state index in [4.69, 9.17) is 8.94 Å². The molecule has 1 amide bonds. The molecule has 0 aromatic carbocycles. The highest BCUT2D eigenvalue weighted by molar-refractivity contribution is 6.07. The minimum Gasteiger partial charge on any atom is -0.463 e. The van der Waals surface area contributed by atoms with E-state index in [-0.39, 0.29) is 11.4 Å². The number of amides is 1. The lowest BCUT2D eigenvalue weighted by Gasteiger charge is -2.49. The number of fused-ring (bicyclic) bond motifs is 4. The predicted molar refractivity (Wildman–Crippen MR) is 103 cm³/mol. The summed E-state index contributed by atoms with van der Waals surface area (Å²) in [6.45, 7) is 0. The summed E-state index contributed by atoms with van der Waals surface area (Å²) in [4.78, 5) is 18.0. The van der Waals surface area contributed by atoms with Crippen molar-refractivity contribution in [3.05, 3.63) is 35.7 Å². The lowest BCUT2D eigenvalue weighted by atomic mass is 9.64. The Kier molecular flexibility index (Phi) is 3.50. The minimum absolute atomic E-state index is 0.163. The summed E-state index contributed by atoms with van der Waals surface area (Å²) < 4.78 is 25.5. The maximum Gasteiger partial charge on any atom is 0.259 e. The molecule has 3 aromatic heterocycles. The van der Waals surface area contributed by atoms with Crippen LogP contribution in [0.2, 0.25) is 0 Å². The van der Waals surface area contributed by atoms with E-state index in [0.29, 0.717) is 72.6 Å². The Morgan fingerprint density at radius 2 is 1.93 bits per heavy atom. The van der Waals surface area contributed by atoms with Crippen LogP contribution in [0.4, 0.5) is 4.39 Å². The van der Waals surface area contributed by atoms with Crippen molar-refractivity contribution in [1.82, 2.24) is 15.5 Å². The van der Waals surface area contributed by atoms with E-state index in [0.717, 1.165) is 18.5 Å². The number of nitrogens with one attached hydrogen (secondary N) is 1. The van der Waals surface area contributed by atoms with Gasteiger partial charge in [0.2, 0.25) is 0 Å². The average molecular weight is 395 g/mol. The van der Waals surface area contributed by atoms with Crippen LogP contribution in [0.5, 0.6) is 0 Å². The lowest BCUT2D eigenvalue weighted by molar-refractivity contribution is -0.00648. The van der Waals surface area contributed by atoms with Gasteiger partial charge in [-0.25, -0.2) is 9.37 Å². The quantitative estimate of drug-likeness (QED) is 0.679. The molecule has 0 spiro atoms. The highest BCUT2D eigenvalue weighted by atomic mass is 19.1. The number of halogens is 1. The van der Waals surface area contributed by atoms with Crippen LogP contribution in [-0.2, 0) is 0 Å². The Balaban J connectivity index is 1.42. The average Bonchev–Trinajstić information content (AvgIpc) is 3.25. The number of aromatic nitrogens is 2. The fourth-order valence-electron chi connectivity index (χ4n) is 4.97. The molecule has 4 aliphatic rings. The second-order valence-electron chi connectivity index (χ2n) is 8.94. The van der Waals surface area contributed by atoms with Crippen molar-refractivity contribution in [1.29, 1.82) is 0 Å². The first-order chi connectivity index (χ1) is 14.0. The van der Waals surface area contributed by atoms with E-state index in [2.05, 4.69) is 15.5 Å². The second-order valence-corrected chi connectivity index (χ2v) is 8.94. The van der Waals surface area contributed by atoms with Crippen molar-refractivity contribution in [3.63, 3.8) is 0 Å². The van der Waals surface area contributed by atoms with E-state index >= 15 is 0 Å². The Morgan fingerprint density at radius 1 is 1.17 bits per heavy atom. The maximum atomic E-state index is 14.5. The summed E-state index contributed by atoms with van der Waals surface area (Å²) in [6.07, 6.45) is 7.31. The van der Waals surface area contributed by atoms with Gasteiger partial charge in [0.15, 0.2) is 5.76 Å². The Hall–Kier alpha value is -2.70. The number of carbonyl (C=O) groups excluding carboxylic acids is 1. The first-order valence-corrected chi connectivity index (χ1v) is 10.4. The number of hydrogen-bond donors (Lipinski definition) is 1. The normalized spacial score (nSPS) is 28.7. The molecule has 2 bridgehead atoms. The van der Waals surface area contributed by atoms with Crippen LogP contribution in [0, 0.1) is 0 Å². The van der Waals surface area contributed by atoms with Gasteiger partial charge in [-0.05, 0) is 69.6 Å². The molecule has 4 saturated carbocycles. The smallest absolute Gasteiger partial charge is 0.259 e. The van der Waals surface area contributed by atoms with Gasteiger partial charge in [0.05, 0.1) is 22.9 Å². The molecule has 0 saturated heterocycles. The third-order valence-electron chi connectivity index (χ3n) is 6.99. The molecule has 7 rings (SSSR count). The third-order valence-corrected chi connectivity index (χ3v) is 6.99. The molecule has 0 radical (unpaired) electrons. The molecule has 3 heterocycles. The van der Waals surface area contributed by atoms with Crippen molar-refractivity contribution in [3.8, 4) is 11.5 Å². The largest absolute Gasteiger partial charge is 0.463 e. The van der Waals surface area contributed by atoms with Gasteiger partial charge >= 0.3 is 0 Å². The molecule has 1 N–H and O–H groups in total. The molecule has 0 atom stereocenters. The molecule has 4 fully saturated rings. The molecule has 29 heavy (non-hydrogen) atoms. The Bertz CT molecular complexity index is 1080. The number of rotatable bonds is 4.